The Bertz CT molecular complexity index is 452. The molecule has 0 radical (unpaired) electrons. The van der Waals surface area contributed by atoms with Crippen molar-refractivity contribution < 1.29 is 4.79 Å². The van der Waals surface area contributed by atoms with Crippen LogP contribution in [0.5, 0.6) is 0 Å². The number of benzene rings is 1. The molecule has 76 valence electrons. The van der Waals surface area contributed by atoms with E-state index in [9.17, 15) is 4.79 Å². The SMILES string of the molecule is O=C1NN=C(c2ccc(Cl)cc2)C2CC12. The molecule has 0 bridgehead atoms. The zero-order chi connectivity index (χ0) is 10.4. The maximum Gasteiger partial charge on any atom is 0.243 e. The summed E-state index contributed by atoms with van der Waals surface area (Å²) in [7, 11) is 0. The topological polar surface area (TPSA) is 41.5 Å². The number of amides is 1. The number of nitrogens with one attached hydrogen (secondary N) is 1. The highest BCUT2D eigenvalue weighted by Crippen LogP contribution is 2.43. The summed E-state index contributed by atoms with van der Waals surface area (Å²) in [6.45, 7) is 0. The van der Waals surface area contributed by atoms with Crippen LogP contribution in [0, 0.1) is 11.8 Å². The molecule has 3 nitrogen and oxygen atoms in total. The maximum absolute atomic E-state index is 11.2. The van der Waals surface area contributed by atoms with Crippen molar-refractivity contribution in [2.75, 3.05) is 0 Å². The van der Waals surface area contributed by atoms with E-state index in [1.807, 2.05) is 24.3 Å². The zero-order valence-corrected chi connectivity index (χ0v) is 8.66. The predicted octanol–water partition coefficient (Wildman–Crippen LogP) is 1.81. The number of nitrogens with zero attached hydrogens (tertiary/aromatic N) is 1. The molecule has 1 fully saturated rings. The summed E-state index contributed by atoms with van der Waals surface area (Å²) in [5.41, 5.74) is 4.58. The van der Waals surface area contributed by atoms with Crippen molar-refractivity contribution in [3.05, 3.63) is 34.9 Å². The molecule has 15 heavy (non-hydrogen) atoms. The highest BCUT2D eigenvalue weighted by atomic mass is 35.5. The minimum Gasteiger partial charge on any atom is -0.273 e. The third-order valence-electron chi connectivity index (χ3n) is 2.90. The molecule has 2 atom stereocenters. The van der Waals surface area contributed by atoms with Gasteiger partial charge in [0.1, 0.15) is 0 Å². The molecule has 1 aromatic rings. The normalized spacial score (nSPS) is 27.8. The van der Waals surface area contributed by atoms with Crippen molar-refractivity contribution >= 4 is 23.2 Å². The average Bonchev–Trinajstić information content (AvgIpc) is 3.01. The van der Waals surface area contributed by atoms with Crippen molar-refractivity contribution in [3.8, 4) is 0 Å². The number of hydrogen-bond acceptors (Lipinski definition) is 2. The molecule has 2 aliphatic rings. The number of carbonyl (C=O) groups is 1. The first-order valence-corrected chi connectivity index (χ1v) is 5.27. The van der Waals surface area contributed by atoms with Crippen molar-refractivity contribution in [1.29, 1.82) is 0 Å². The predicted molar refractivity (Wildman–Crippen MR) is 57.7 cm³/mol. The average molecular weight is 221 g/mol. The summed E-state index contributed by atoms with van der Waals surface area (Å²) in [4.78, 5) is 11.2. The Morgan fingerprint density at radius 2 is 2.00 bits per heavy atom. The Hall–Kier alpha value is -1.35. The molecule has 0 aromatic heterocycles. The van der Waals surface area contributed by atoms with Gasteiger partial charge < -0.3 is 0 Å². The fourth-order valence-corrected chi connectivity index (χ4v) is 2.09. The number of fused-ring (bicyclic) bond motifs is 1. The van der Waals surface area contributed by atoms with Crippen LogP contribution in [0.15, 0.2) is 29.4 Å². The van der Waals surface area contributed by atoms with Gasteiger partial charge in [0.2, 0.25) is 5.91 Å². The van der Waals surface area contributed by atoms with Crippen LogP contribution in [-0.2, 0) is 4.79 Å². The summed E-state index contributed by atoms with van der Waals surface area (Å²) >= 11 is 5.81. The number of carbonyl (C=O) groups excluding carboxylic acids is 1. The largest absolute Gasteiger partial charge is 0.273 e. The van der Waals surface area contributed by atoms with Crippen molar-refractivity contribution in [2.45, 2.75) is 6.42 Å². The molecule has 3 rings (SSSR count). The van der Waals surface area contributed by atoms with E-state index in [2.05, 4.69) is 10.5 Å². The molecule has 1 amide bonds. The van der Waals surface area contributed by atoms with Gasteiger partial charge in [-0.1, -0.05) is 23.7 Å². The summed E-state index contributed by atoms with van der Waals surface area (Å²) < 4.78 is 0. The van der Waals surface area contributed by atoms with Gasteiger partial charge in [-0.05, 0) is 24.1 Å². The highest BCUT2D eigenvalue weighted by Gasteiger charge is 2.49. The molecule has 1 aliphatic carbocycles. The fourth-order valence-electron chi connectivity index (χ4n) is 1.97. The van der Waals surface area contributed by atoms with Gasteiger partial charge in [-0.15, -0.1) is 0 Å². The second-order valence-corrected chi connectivity index (χ2v) is 4.37. The van der Waals surface area contributed by atoms with Crippen LogP contribution in [0.1, 0.15) is 12.0 Å². The van der Waals surface area contributed by atoms with Crippen molar-refractivity contribution in [3.63, 3.8) is 0 Å². The first-order valence-electron chi connectivity index (χ1n) is 4.89. The molecule has 0 spiro atoms. The van der Waals surface area contributed by atoms with Crippen LogP contribution in [0.3, 0.4) is 0 Å². The van der Waals surface area contributed by atoms with E-state index in [-0.39, 0.29) is 11.8 Å². The third-order valence-corrected chi connectivity index (χ3v) is 3.16. The lowest BCUT2D eigenvalue weighted by Gasteiger charge is -2.11. The van der Waals surface area contributed by atoms with Crippen LogP contribution in [0.25, 0.3) is 0 Å². The second-order valence-electron chi connectivity index (χ2n) is 3.93. The molecule has 1 aromatic carbocycles. The first-order chi connectivity index (χ1) is 7.25. The number of rotatable bonds is 1. The lowest BCUT2D eigenvalue weighted by atomic mass is 10.0. The van der Waals surface area contributed by atoms with Crippen LogP contribution in [0.4, 0.5) is 0 Å². The minimum absolute atomic E-state index is 0.0534. The Morgan fingerprint density at radius 3 is 2.73 bits per heavy atom. The van der Waals surface area contributed by atoms with Gasteiger partial charge in [-0.2, -0.15) is 5.10 Å². The molecule has 0 saturated heterocycles. The molecule has 4 heteroatoms. The highest BCUT2D eigenvalue weighted by molar-refractivity contribution is 6.30. The number of halogens is 1. The Kier molecular flexibility index (Phi) is 1.83. The maximum atomic E-state index is 11.2. The van der Waals surface area contributed by atoms with Crippen LogP contribution in [0.2, 0.25) is 5.02 Å². The van der Waals surface area contributed by atoms with Gasteiger partial charge in [0.05, 0.1) is 5.71 Å². The van der Waals surface area contributed by atoms with E-state index in [1.165, 1.54) is 0 Å². The monoisotopic (exact) mass is 220 g/mol. The molecular formula is C11H9ClN2O. The van der Waals surface area contributed by atoms with Crippen molar-refractivity contribution in [2.24, 2.45) is 16.9 Å². The molecule has 1 saturated carbocycles. The van der Waals surface area contributed by atoms with Gasteiger partial charge in [0.15, 0.2) is 0 Å². The van der Waals surface area contributed by atoms with Crippen LogP contribution in [-0.4, -0.2) is 11.6 Å². The Labute approximate surface area is 92.1 Å². The van der Waals surface area contributed by atoms with E-state index in [1.54, 1.807) is 0 Å². The van der Waals surface area contributed by atoms with Gasteiger partial charge in [0, 0.05) is 16.9 Å². The first kappa shape index (κ1) is 8.92. The minimum atomic E-state index is 0.0534. The van der Waals surface area contributed by atoms with E-state index in [4.69, 9.17) is 11.6 Å². The number of hydrazone groups is 1. The summed E-state index contributed by atoms with van der Waals surface area (Å²) in [5.74, 6) is 0.519. The fraction of sp³-hybridized carbons (Fsp3) is 0.273. The standard InChI is InChI=1S/C11H9ClN2O/c12-7-3-1-6(2-4-7)10-8-5-9(8)11(15)14-13-10/h1-4,8-9H,5H2,(H,14,15). The molecular weight excluding hydrogens is 212 g/mol. The lowest BCUT2D eigenvalue weighted by Crippen LogP contribution is -2.28. The summed E-state index contributed by atoms with van der Waals surface area (Å²) in [5, 5.41) is 4.82. The van der Waals surface area contributed by atoms with Crippen LogP contribution >= 0.6 is 11.6 Å². The molecule has 1 N–H and O–H groups in total. The second kappa shape index (κ2) is 3.07. The smallest absolute Gasteiger partial charge is 0.243 e. The van der Waals surface area contributed by atoms with E-state index in [0.29, 0.717) is 10.9 Å². The van der Waals surface area contributed by atoms with Crippen LogP contribution < -0.4 is 5.43 Å². The van der Waals surface area contributed by atoms with Crippen molar-refractivity contribution in [1.82, 2.24) is 5.43 Å². The van der Waals surface area contributed by atoms with Gasteiger partial charge in [-0.3, -0.25) is 4.79 Å². The van der Waals surface area contributed by atoms with Gasteiger partial charge in [0.25, 0.3) is 0 Å². The Morgan fingerprint density at radius 1 is 1.27 bits per heavy atom. The molecule has 2 unspecified atom stereocenters. The quantitative estimate of drug-likeness (QED) is 0.771. The molecule has 1 aliphatic heterocycles. The van der Waals surface area contributed by atoms with Gasteiger partial charge >= 0.3 is 0 Å². The van der Waals surface area contributed by atoms with E-state index >= 15 is 0 Å². The van der Waals surface area contributed by atoms with Gasteiger partial charge in [-0.25, -0.2) is 5.43 Å². The van der Waals surface area contributed by atoms with E-state index in [0.717, 1.165) is 17.7 Å². The Balaban J connectivity index is 1.95. The number of hydrogen-bond donors (Lipinski definition) is 1. The van der Waals surface area contributed by atoms with E-state index < -0.39 is 0 Å². The zero-order valence-electron chi connectivity index (χ0n) is 7.90. The lowest BCUT2D eigenvalue weighted by molar-refractivity contribution is -0.122. The summed E-state index contributed by atoms with van der Waals surface area (Å²) in [6.07, 6.45) is 0.924. The summed E-state index contributed by atoms with van der Waals surface area (Å²) in [6, 6.07) is 7.56. The molecule has 1 heterocycles. The third kappa shape index (κ3) is 1.43.